The maximum atomic E-state index is 12.2. The van der Waals surface area contributed by atoms with Crippen LogP contribution in [0.2, 0.25) is 0 Å². The van der Waals surface area contributed by atoms with Gasteiger partial charge in [0, 0.05) is 31.4 Å². The van der Waals surface area contributed by atoms with E-state index < -0.39 is 18.7 Å². The Kier molecular flexibility index (Phi) is 4.44. The molecule has 0 bridgehead atoms. The average molecular weight is 291 g/mol. The second-order valence-electron chi connectivity index (χ2n) is 4.80. The quantitative estimate of drug-likeness (QED) is 0.914. The van der Waals surface area contributed by atoms with E-state index in [-0.39, 0.29) is 12.1 Å². The highest BCUT2D eigenvalue weighted by Crippen LogP contribution is 2.23. The molecule has 1 N–H and O–H groups in total. The van der Waals surface area contributed by atoms with Gasteiger partial charge >= 0.3 is 6.18 Å². The van der Waals surface area contributed by atoms with E-state index in [2.05, 4.69) is 9.97 Å². The number of halogens is 3. The van der Waals surface area contributed by atoms with Gasteiger partial charge < -0.3 is 9.72 Å². The van der Waals surface area contributed by atoms with Crippen LogP contribution in [0.25, 0.3) is 0 Å². The lowest BCUT2D eigenvalue weighted by Crippen LogP contribution is -2.41. The number of aryl methyl sites for hydroxylation is 1. The molecule has 0 aromatic carbocycles. The fraction of sp³-hybridized carbons (Fsp3) is 0.667. The summed E-state index contributed by atoms with van der Waals surface area (Å²) in [5, 5.41) is 0. The molecule has 1 saturated heterocycles. The molecule has 1 fully saturated rings. The molecule has 0 amide bonds. The first-order chi connectivity index (χ1) is 9.33. The first-order valence-corrected chi connectivity index (χ1v) is 6.32. The van der Waals surface area contributed by atoms with Crippen molar-refractivity contribution in [2.24, 2.45) is 0 Å². The maximum absolute atomic E-state index is 12.2. The van der Waals surface area contributed by atoms with Crippen LogP contribution >= 0.6 is 0 Å². The second-order valence-corrected chi connectivity index (χ2v) is 4.80. The van der Waals surface area contributed by atoms with E-state index in [1.807, 2.05) is 0 Å². The van der Waals surface area contributed by atoms with Crippen LogP contribution in [0.1, 0.15) is 24.0 Å². The number of nitrogens with one attached hydrogen (secondary N) is 1. The topological polar surface area (TPSA) is 58.2 Å². The van der Waals surface area contributed by atoms with Gasteiger partial charge in [0.2, 0.25) is 0 Å². The highest BCUT2D eigenvalue weighted by Gasteiger charge is 2.30. The smallest absolute Gasteiger partial charge is 0.368 e. The summed E-state index contributed by atoms with van der Waals surface area (Å²) in [6.07, 6.45) is -5.51. The van der Waals surface area contributed by atoms with Crippen LogP contribution in [0.15, 0.2) is 10.9 Å². The third kappa shape index (κ3) is 4.31. The Morgan fingerprint density at radius 3 is 2.95 bits per heavy atom. The Hall–Kier alpha value is -1.41. The maximum Gasteiger partial charge on any atom is 0.390 e. The van der Waals surface area contributed by atoms with Gasteiger partial charge in [-0.1, -0.05) is 0 Å². The first-order valence-electron chi connectivity index (χ1n) is 6.32. The van der Waals surface area contributed by atoms with Gasteiger partial charge in [0.1, 0.15) is 11.9 Å². The number of ether oxygens (including phenoxy) is 1. The van der Waals surface area contributed by atoms with Crippen LogP contribution in [-0.2, 0) is 4.74 Å². The van der Waals surface area contributed by atoms with E-state index in [0.717, 1.165) is 0 Å². The molecule has 112 valence electrons. The minimum Gasteiger partial charge on any atom is -0.368 e. The van der Waals surface area contributed by atoms with E-state index >= 15 is 0 Å². The summed E-state index contributed by atoms with van der Waals surface area (Å²) in [7, 11) is 0. The van der Waals surface area contributed by atoms with Crippen molar-refractivity contribution < 1.29 is 17.9 Å². The third-order valence-electron chi connectivity index (χ3n) is 3.06. The van der Waals surface area contributed by atoms with Crippen molar-refractivity contribution in [2.45, 2.75) is 25.6 Å². The Morgan fingerprint density at radius 1 is 1.55 bits per heavy atom. The number of hydrogen-bond donors (Lipinski definition) is 1. The molecule has 8 heteroatoms. The minimum atomic E-state index is -4.16. The first kappa shape index (κ1) is 15.0. The van der Waals surface area contributed by atoms with Gasteiger partial charge in [-0.3, -0.25) is 9.69 Å². The molecule has 1 aliphatic heterocycles. The molecular formula is C12H16F3N3O2. The molecular weight excluding hydrogens is 275 g/mol. The van der Waals surface area contributed by atoms with Crippen molar-refractivity contribution in [1.29, 1.82) is 0 Å². The van der Waals surface area contributed by atoms with Crippen LogP contribution < -0.4 is 5.56 Å². The van der Waals surface area contributed by atoms with E-state index in [9.17, 15) is 18.0 Å². The average Bonchev–Trinajstić information content (AvgIpc) is 2.35. The van der Waals surface area contributed by atoms with Crippen LogP contribution in [0.5, 0.6) is 0 Å². The van der Waals surface area contributed by atoms with Gasteiger partial charge in [0.15, 0.2) is 0 Å². The van der Waals surface area contributed by atoms with Gasteiger partial charge in [0.25, 0.3) is 5.56 Å². The number of H-pyrrole nitrogens is 1. The fourth-order valence-corrected chi connectivity index (χ4v) is 2.11. The molecule has 1 aromatic heterocycles. The largest absolute Gasteiger partial charge is 0.390 e. The molecule has 2 rings (SSSR count). The summed E-state index contributed by atoms with van der Waals surface area (Å²) >= 11 is 0. The van der Waals surface area contributed by atoms with Crippen molar-refractivity contribution in [3.63, 3.8) is 0 Å². The van der Waals surface area contributed by atoms with E-state index in [0.29, 0.717) is 31.2 Å². The lowest BCUT2D eigenvalue weighted by molar-refractivity contribution is -0.142. The van der Waals surface area contributed by atoms with Crippen LogP contribution in [-0.4, -0.2) is 47.3 Å². The number of alkyl halides is 3. The Bertz CT molecular complexity index is 515. The highest BCUT2D eigenvalue weighted by molar-refractivity contribution is 5.03. The molecule has 20 heavy (non-hydrogen) atoms. The minimum absolute atomic E-state index is 0.0700. The van der Waals surface area contributed by atoms with Gasteiger partial charge in [0.05, 0.1) is 13.0 Å². The summed E-state index contributed by atoms with van der Waals surface area (Å²) in [6, 6.07) is 1.35. The second kappa shape index (κ2) is 5.92. The molecule has 0 spiro atoms. The zero-order chi connectivity index (χ0) is 14.8. The number of hydrogen-bond acceptors (Lipinski definition) is 4. The molecule has 0 radical (unpaired) electrons. The Labute approximate surface area is 113 Å². The Morgan fingerprint density at radius 2 is 2.30 bits per heavy atom. The number of nitrogens with zero attached hydrogens (tertiary/aromatic N) is 2. The van der Waals surface area contributed by atoms with Crippen LogP contribution in [0.4, 0.5) is 13.2 Å². The molecule has 2 heterocycles. The molecule has 1 aliphatic rings. The highest BCUT2D eigenvalue weighted by atomic mass is 19.4. The Balaban J connectivity index is 2.01. The van der Waals surface area contributed by atoms with Gasteiger partial charge in [-0.2, -0.15) is 13.2 Å². The summed E-state index contributed by atoms with van der Waals surface area (Å²) in [4.78, 5) is 19.8. The van der Waals surface area contributed by atoms with Crippen molar-refractivity contribution in [3.8, 4) is 0 Å². The van der Waals surface area contributed by atoms with Gasteiger partial charge in [-0.25, -0.2) is 4.98 Å². The predicted molar refractivity (Wildman–Crippen MR) is 65.4 cm³/mol. The predicted octanol–water partition coefficient (Wildman–Crippen LogP) is 1.40. The van der Waals surface area contributed by atoms with E-state index in [1.54, 1.807) is 11.8 Å². The zero-order valence-electron chi connectivity index (χ0n) is 11.0. The summed E-state index contributed by atoms with van der Waals surface area (Å²) in [6.45, 7) is 2.67. The van der Waals surface area contributed by atoms with E-state index in [1.165, 1.54) is 6.07 Å². The number of morpholine rings is 1. The molecule has 1 atom stereocenters. The van der Waals surface area contributed by atoms with Crippen molar-refractivity contribution in [3.05, 3.63) is 27.9 Å². The monoisotopic (exact) mass is 291 g/mol. The molecule has 0 saturated carbocycles. The zero-order valence-corrected chi connectivity index (χ0v) is 11.0. The van der Waals surface area contributed by atoms with Gasteiger partial charge in [-0.15, -0.1) is 0 Å². The molecule has 0 unspecified atom stereocenters. The summed E-state index contributed by atoms with van der Waals surface area (Å²) in [5.41, 5.74) is 0.267. The van der Waals surface area contributed by atoms with Gasteiger partial charge in [-0.05, 0) is 6.92 Å². The van der Waals surface area contributed by atoms with Crippen molar-refractivity contribution in [2.75, 3.05) is 26.2 Å². The number of aromatic nitrogens is 2. The van der Waals surface area contributed by atoms with Crippen LogP contribution in [0, 0.1) is 6.92 Å². The lowest BCUT2D eigenvalue weighted by Gasteiger charge is -2.32. The van der Waals surface area contributed by atoms with Crippen molar-refractivity contribution >= 4 is 0 Å². The van der Waals surface area contributed by atoms with Crippen molar-refractivity contribution in [1.82, 2.24) is 14.9 Å². The fourth-order valence-electron chi connectivity index (χ4n) is 2.11. The van der Waals surface area contributed by atoms with E-state index in [4.69, 9.17) is 4.74 Å². The summed E-state index contributed by atoms with van der Waals surface area (Å²) < 4.78 is 42.1. The molecule has 5 nitrogen and oxygen atoms in total. The molecule has 1 aromatic rings. The molecule has 0 aliphatic carbocycles. The number of rotatable bonds is 3. The third-order valence-corrected chi connectivity index (χ3v) is 3.06. The standard InChI is InChI=1S/C12H16F3N3O2/c1-8-6-10(19)17-11(16-8)9-7-18(4-5-20-9)3-2-12(13,14)15/h6,9H,2-5,7H2,1H3,(H,16,17,19)/t9-/m1/s1. The normalized spacial score (nSPS) is 21.1. The van der Waals surface area contributed by atoms with Crippen LogP contribution in [0.3, 0.4) is 0 Å². The lowest BCUT2D eigenvalue weighted by atomic mass is 10.2. The SMILES string of the molecule is Cc1cc(=O)[nH]c([C@H]2CN(CCC(F)(F)F)CCO2)n1. The summed E-state index contributed by atoms with van der Waals surface area (Å²) in [5.74, 6) is 0.367. The number of aromatic amines is 1.